The second kappa shape index (κ2) is 8.94. The van der Waals surface area contributed by atoms with Crippen molar-refractivity contribution < 1.29 is 27.4 Å². The number of ether oxygens (including phenoxy) is 1. The molecule has 10 heteroatoms. The predicted octanol–water partition coefficient (Wildman–Crippen LogP) is 4.66. The Bertz CT molecular complexity index is 1380. The molecule has 0 spiro atoms. The lowest BCUT2D eigenvalue weighted by Crippen LogP contribution is -2.42. The second-order valence-electron chi connectivity index (χ2n) is 7.78. The summed E-state index contributed by atoms with van der Waals surface area (Å²) in [5.74, 6) is 0.672. The molecular weight excluding hydrogens is 451 g/mol. The first-order chi connectivity index (χ1) is 16.1. The molecule has 1 N–H and O–H groups in total. The first-order valence-corrected chi connectivity index (χ1v) is 10.6. The number of benzene rings is 2. The van der Waals surface area contributed by atoms with Gasteiger partial charge < -0.3 is 14.3 Å². The third-order valence-corrected chi connectivity index (χ3v) is 5.55. The van der Waals surface area contributed by atoms with E-state index in [1.807, 2.05) is 31.2 Å². The Morgan fingerprint density at radius 3 is 2.62 bits per heavy atom. The first-order valence-electron chi connectivity index (χ1n) is 10.6. The maximum Gasteiger partial charge on any atom is 0.423 e. The van der Waals surface area contributed by atoms with Gasteiger partial charge >= 0.3 is 11.8 Å². The monoisotopic (exact) mass is 473 g/mol. The minimum absolute atomic E-state index is 0.0638. The Kier molecular flexibility index (Phi) is 6.18. The lowest BCUT2D eigenvalue weighted by atomic mass is 9.96. The summed E-state index contributed by atoms with van der Waals surface area (Å²) in [7, 11) is 0. The molecule has 0 radical (unpaired) electrons. The summed E-state index contributed by atoms with van der Waals surface area (Å²) in [6.07, 6.45) is -4.42. The molecule has 4 rings (SSSR count). The number of hydrogen-bond donors (Lipinski definition) is 1. The van der Waals surface area contributed by atoms with Gasteiger partial charge in [-0.3, -0.25) is 0 Å². The van der Waals surface area contributed by atoms with E-state index in [4.69, 9.17) is 9.15 Å². The fourth-order valence-electron chi connectivity index (χ4n) is 3.74. The Morgan fingerprint density at radius 1 is 1.12 bits per heavy atom. The molecule has 4 aromatic rings. The highest BCUT2D eigenvalue weighted by molar-refractivity contribution is 5.93. The summed E-state index contributed by atoms with van der Waals surface area (Å²) in [6, 6.07) is 13.9. The van der Waals surface area contributed by atoms with Gasteiger partial charge in [-0.25, -0.2) is 9.48 Å². The average molecular weight is 473 g/mol. The second-order valence-corrected chi connectivity index (χ2v) is 7.78. The van der Waals surface area contributed by atoms with Gasteiger partial charge in [0, 0.05) is 11.5 Å². The van der Waals surface area contributed by atoms with Gasteiger partial charge in [0.2, 0.25) is 5.60 Å². The summed E-state index contributed by atoms with van der Waals surface area (Å²) < 4.78 is 52.0. The Balaban J connectivity index is 1.68. The summed E-state index contributed by atoms with van der Waals surface area (Å²) in [6.45, 7) is 3.67. The van der Waals surface area contributed by atoms with E-state index in [1.165, 1.54) is 17.7 Å². The SMILES string of the molecule is CCOc1cccc(-c2cc(=O)oc3cc(Cn4cc(C(O)(CC)C(F)(F)F)nn4)ccc23)c1. The van der Waals surface area contributed by atoms with Crippen LogP contribution < -0.4 is 10.4 Å². The van der Waals surface area contributed by atoms with Crippen LogP contribution in [-0.4, -0.2) is 32.9 Å². The minimum atomic E-state index is -4.88. The van der Waals surface area contributed by atoms with Gasteiger partial charge in [0.25, 0.3) is 0 Å². The predicted molar refractivity (Wildman–Crippen MR) is 118 cm³/mol. The summed E-state index contributed by atoms with van der Waals surface area (Å²) in [4.78, 5) is 12.2. The number of aromatic nitrogens is 3. The fraction of sp³-hybridized carbons (Fsp3) is 0.292. The van der Waals surface area contributed by atoms with Gasteiger partial charge in [0.1, 0.15) is 17.0 Å². The molecule has 0 saturated heterocycles. The van der Waals surface area contributed by atoms with Crippen molar-refractivity contribution in [3.63, 3.8) is 0 Å². The van der Waals surface area contributed by atoms with E-state index in [0.29, 0.717) is 34.5 Å². The zero-order valence-electron chi connectivity index (χ0n) is 18.5. The van der Waals surface area contributed by atoms with E-state index in [0.717, 1.165) is 11.8 Å². The molecule has 2 heterocycles. The Labute approximate surface area is 192 Å². The van der Waals surface area contributed by atoms with Crippen LogP contribution in [0.15, 0.2) is 63.9 Å². The molecule has 2 aromatic heterocycles. The van der Waals surface area contributed by atoms with Crippen molar-refractivity contribution >= 4 is 11.0 Å². The summed E-state index contributed by atoms with van der Waals surface area (Å²) >= 11 is 0. The summed E-state index contributed by atoms with van der Waals surface area (Å²) in [5.41, 5.74) is -1.80. The molecule has 0 saturated carbocycles. The molecule has 0 aliphatic heterocycles. The molecule has 1 atom stereocenters. The van der Waals surface area contributed by atoms with Crippen molar-refractivity contribution in [1.82, 2.24) is 15.0 Å². The highest BCUT2D eigenvalue weighted by Crippen LogP contribution is 2.40. The number of nitrogens with zero attached hydrogens (tertiary/aromatic N) is 3. The average Bonchev–Trinajstić information content (AvgIpc) is 3.26. The third-order valence-electron chi connectivity index (χ3n) is 5.55. The lowest BCUT2D eigenvalue weighted by molar-refractivity contribution is -0.269. The maximum absolute atomic E-state index is 13.3. The molecule has 0 aliphatic rings. The first kappa shape index (κ1) is 23.5. The molecule has 0 bridgehead atoms. The molecule has 2 aromatic carbocycles. The molecule has 0 aliphatic carbocycles. The Morgan fingerprint density at radius 2 is 1.91 bits per heavy atom. The molecular formula is C24H22F3N3O4. The number of rotatable bonds is 7. The molecule has 7 nitrogen and oxygen atoms in total. The van der Waals surface area contributed by atoms with Gasteiger partial charge in [0.15, 0.2) is 0 Å². The number of aliphatic hydroxyl groups is 1. The number of halogens is 3. The highest BCUT2D eigenvalue weighted by Gasteiger charge is 2.55. The largest absolute Gasteiger partial charge is 0.494 e. The smallest absolute Gasteiger partial charge is 0.423 e. The van der Waals surface area contributed by atoms with E-state index in [1.54, 1.807) is 18.2 Å². The topological polar surface area (TPSA) is 90.4 Å². The van der Waals surface area contributed by atoms with Gasteiger partial charge in [0.05, 0.1) is 19.3 Å². The molecule has 34 heavy (non-hydrogen) atoms. The number of alkyl halides is 3. The highest BCUT2D eigenvalue weighted by atomic mass is 19.4. The third kappa shape index (κ3) is 4.41. The molecule has 0 fully saturated rings. The van der Waals surface area contributed by atoms with Crippen LogP contribution in [0.4, 0.5) is 13.2 Å². The minimum Gasteiger partial charge on any atom is -0.494 e. The van der Waals surface area contributed by atoms with Gasteiger partial charge in [-0.1, -0.05) is 36.4 Å². The van der Waals surface area contributed by atoms with Crippen LogP contribution in [0, 0.1) is 0 Å². The van der Waals surface area contributed by atoms with Crippen LogP contribution in [-0.2, 0) is 12.1 Å². The molecule has 178 valence electrons. The van der Waals surface area contributed by atoms with Crippen molar-refractivity contribution in [3.8, 4) is 16.9 Å². The van der Waals surface area contributed by atoms with Crippen LogP contribution >= 0.6 is 0 Å². The van der Waals surface area contributed by atoms with E-state index in [2.05, 4.69) is 10.3 Å². The van der Waals surface area contributed by atoms with Crippen LogP contribution in [0.25, 0.3) is 22.1 Å². The fourth-order valence-corrected chi connectivity index (χ4v) is 3.74. The molecule has 1 unspecified atom stereocenters. The van der Waals surface area contributed by atoms with Gasteiger partial charge in [-0.05, 0) is 48.2 Å². The van der Waals surface area contributed by atoms with Gasteiger partial charge in [-0.2, -0.15) is 13.2 Å². The number of fused-ring (bicyclic) bond motifs is 1. The maximum atomic E-state index is 13.3. The van der Waals surface area contributed by atoms with Crippen molar-refractivity contribution in [3.05, 3.63) is 76.4 Å². The van der Waals surface area contributed by atoms with Crippen molar-refractivity contribution in [1.29, 1.82) is 0 Å². The van der Waals surface area contributed by atoms with E-state index in [-0.39, 0.29) is 6.54 Å². The van der Waals surface area contributed by atoms with E-state index in [9.17, 15) is 23.1 Å². The quantitative estimate of drug-likeness (QED) is 0.393. The summed E-state index contributed by atoms with van der Waals surface area (Å²) in [5, 5.41) is 18.0. The normalized spacial score (nSPS) is 13.7. The zero-order chi connectivity index (χ0) is 24.5. The van der Waals surface area contributed by atoms with Crippen LogP contribution in [0.1, 0.15) is 31.5 Å². The van der Waals surface area contributed by atoms with Crippen molar-refractivity contribution in [2.45, 2.75) is 38.6 Å². The van der Waals surface area contributed by atoms with Crippen molar-refractivity contribution in [2.75, 3.05) is 6.61 Å². The van der Waals surface area contributed by atoms with Crippen molar-refractivity contribution in [2.24, 2.45) is 0 Å². The number of hydrogen-bond acceptors (Lipinski definition) is 6. The van der Waals surface area contributed by atoms with Gasteiger partial charge in [-0.15, -0.1) is 5.10 Å². The van der Waals surface area contributed by atoms with Crippen LogP contribution in [0.2, 0.25) is 0 Å². The standard InChI is InChI=1S/C24H22F3N3O4/c1-3-23(32,24(25,26)27)21-14-30(29-28-21)13-15-8-9-18-19(12-22(31)34-20(18)10-15)16-6-5-7-17(11-16)33-4-2/h5-12,14,32H,3-4,13H2,1-2H3. The Hall–Kier alpha value is -3.66. The van der Waals surface area contributed by atoms with E-state index < -0.39 is 29.5 Å². The van der Waals surface area contributed by atoms with Crippen LogP contribution in [0.5, 0.6) is 5.75 Å². The lowest BCUT2D eigenvalue weighted by Gasteiger charge is -2.26. The van der Waals surface area contributed by atoms with Crippen LogP contribution in [0.3, 0.4) is 0 Å². The molecule has 0 amide bonds. The zero-order valence-corrected chi connectivity index (χ0v) is 18.5. The van der Waals surface area contributed by atoms with E-state index >= 15 is 0 Å².